The van der Waals surface area contributed by atoms with Gasteiger partial charge in [-0.25, -0.2) is 0 Å². The number of ether oxygens (including phenoxy) is 1. The van der Waals surface area contributed by atoms with E-state index in [1.165, 1.54) is 10.4 Å². The van der Waals surface area contributed by atoms with Crippen LogP contribution in [0.2, 0.25) is 0 Å². The highest BCUT2D eigenvalue weighted by Crippen LogP contribution is 2.40. The zero-order valence-corrected chi connectivity index (χ0v) is 8.36. The van der Waals surface area contributed by atoms with Gasteiger partial charge in [-0.3, -0.25) is 0 Å². The van der Waals surface area contributed by atoms with Gasteiger partial charge >= 0.3 is 0 Å². The molecule has 2 rings (SSSR count). The van der Waals surface area contributed by atoms with Crippen molar-refractivity contribution in [3.8, 4) is 6.07 Å². The number of hydrogen-bond donors (Lipinski definition) is 0. The summed E-state index contributed by atoms with van der Waals surface area (Å²) in [6, 6.07) is 4.36. The fraction of sp³-hybridized carbons (Fsp3) is 0.500. The third-order valence-corrected chi connectivity index (χ3v) is 3.78. The van der Waals surface area contributed by atoms with E-state index in [2.05, 4.69) is 24.4 Å². The van der Waals surface area contributed by atoms with Crippen LogP contribution in [0.1, 0.15) is 16.9 Å². The topological polar surface area (TPSA) is 33.0 Å². The van der Waals surface area contributed by atoms with Gasteiger partial charge in [-0.2, -0.15) is 5.26 Å². The quantitative estimate of drug-likeness (QED) is 0.721. The van der Waals surface area contributed by atoms with Gasteiger partial charge in [-0.1, -0.05) is 0 Å². The van der Waals surface area contributed by atoms with Gasteiger partial charge in [-0.05, 0) is 23.9 Å². The van der Waals surface area contributed by atoms with Crippen LogP contribution in [0.5, 0.6) is 0 Å². The monoisotopic (exact) mass is 193 g/mol. The van der Waals surface area contributed by atoms with E-state index < -0.39 is 0 Å². The summed E-state index contributed by atoms with van der Waals surface area (Å²) in [6.45, 7) is 3.52. The molecule has 0 spiro atoms. The first-order valence-electron chi connectivity index (χ1n) is 4.28. The van der Waals surface area contributed by atoms with E-state index in [-0.39, 0.29) is 5.41 Å². The molecule has 1 aliphatic heterocycles. The lowest BCUT2D eigenvalue weighted by atomic mass is 9.80. The highest BCUT2D eigenvalue weighted by atomic mass is 32.1. The summed E-state index contributed by atoms with van der Waals surface area (Å²) < 4.78 is 5.23. The molecule has 0 saturated carbocycles. The standard InChI is InChI=1S/C10H11NOS/c1-8-2-5-13-9(8)10(3-4-11)6-12-7-10/h2,5H,3,6-7H2,1H3. The van der Waals surface area contributed by atoms with Crippen LogP contribution in [0.4, 0.5) is 0 Å². The number of nitrogens with zero attached hydrogens (tertiary/aromatic N) is 1. The molecular formula is C10H11NOS. The minimum absolute atomic E-state index is 0.0208. The Hall–Kier alpha value is -0.850. The second-order valence-corrected chi connectivity index (χ2v) is 4.46. The highest BCUT2D eigenvalue weighted by molar-refractivity contribution is 7.10. The Morgan fingerprint density at radius 3 is 2.85 bits per heavy atom. The second kappa shape index (κ2) is 3.13. The zero-order valence-electron chi connectivity index (χ0n) is 7.54. The van der Waals surface area contributed by atoms with Crippen molar-refractivity contribution in [3.05, 3.63) is 21.9 Å². The smallest absolute Gasteiger partial charge is 0.0646 e. The molecule has 0 atom stereocenters. The van der Waals surface area contributed by atoms with Gasteiger partial charge in [-0.15, -0.1) is 11.3 Å². The van der Waals surface area contributed by atoms with Gasteiger partial charge in [0.15, 0.2) is 0 Å². The van der Waals surface area contributed by atoms with E-state index in [4.69, 9.17) is 10.00 Å². The van der Waals surface area contributed by atoms with Gasteiger partial charge in [0.05, 0.1) is 31.1 Å². The average Bonchev–Trinajstić information content (AvgIpc) is 2.44. The maximum atomic E-state index is 8.76. The molecule has 0 N–H and O–H groups in total. The van der Waals surface area contributed by atoms with Crippen molar-refractivity contribution in [1.82, 2.24) is 0 Å². The van der Waals surface area contributed by atoms with Crippen molar-refractivity contribution in [3.63, 3.8) is 0 Å². The summed E-state index contributed by atoms with van der Waals surface area (Å²) >= 11 is 1.74. The van der Waals surface area contributed by atoms with Gasteiger partial charge in [0, 0.05) is 4.88 Å². The number of aryl methyl sites for hydroxylation is 1. The molecule has 0 unspecified atom stereocenters. The predicted octanol–water partition coefficient (Wildman–Crippen LogP) is 2.24. The maximum absolute atomic E-state index is 8.76. The number of thiophene rings is 1. The Kier molecular flexibility index (Phi) is 2.10. The predicted molar refractivity (Wildman–Crippen MR) is 51.8 cm³/mol. The fourth-order valence-electron chi connectivity index (χ4n) is 1.73. The number of nitriles is 1. The lowest BCUT2D eigenvalue weighted by molar-refractivity contribution is -0.0561. The Labute approximate surface area is 81.8 Å². The molecule has 1 fully saturated rings. The minimum Gasteiger partial charge on any atom is -0.379 e. The molecule has 1 aliphatic rings. The highest BCUT2D eigenvalue weighted by Gasteiger charge is 2.42. The van der Waals surface area contributed by atoms with Gasteiger partial charge in [0.2, 0.25) is 0 Å². The molecule has 0 amide bonds. The van der Waals surface area contributed by atoms with Crippen molar-refractivity contribution in [1.29, 1.82) is 5.26 Å². The Morgan fingerprint density at radius 2 is 2.46 bits per heavy atom. The van der Waals surface area contributed by atoms with E-state index in [0.29, 0.717) is 19.6 Å². The summed E-state index contributed by atoms with van der Waals surface area (Å²) in [5, 5.41) is 10.8. The minimum atomic E-state index is 0.0208. The molecule has 0 radical (unpaired) electrons. The second-order valence-electron chi connectivity index (χ2n) is 3.54. The van der Waals surface area contributed by atoms with Crippen LogP contribution in [0.15, 0.2) is 11.4 Å². The van der Waals surface area contributed by atoms with Crippen LogP contribution in [-0.2, 0) is 10.2 Å². The molecule has 3 heteroatoms. The molecule has 1 aromatic heterocycles. The van der Waals surface area contributed by atoms with Crippen LogP contribution in [0.3, 0.4) is 0 Å². The van der Waals surface area contributed by atoms with E-state index in [9.17, 15) is 0 Å². The normalized spacial score (nSPS) is 19.1. The first kappa shape index (κ1) is 8.74. The summed E-state index contributed by atoms with van der Waals surface area (Å²) in [6.07, 6.45) is 0.578. The van der Waals surface area contributed by atoms with Crippen LogP contribution in [0, 0.1) is 18.3 Å². The molecule has 1 saturated heterocycles. The van der Waals surface area contributed by atoms with Crippen LogP contribution in [-0.4, -0.2) is 13.2 Å². The number of hydrogen-bond acceptors (Lipinski definition) is 3. The SMILES string of the molecule is Cc1ccsc1C1(CC#N)COC1. The molecule has 1 aromatic rings. The molecule has 13 heavy (non-hydrogen) atoms. The van der Waals surface area contributed by atoms with Crippen molar-refractivity contribution >= 4 is 11.3 Å². The fourth-order valence-corrected chi connectivity index (χ4v) is 2.83. The van der Waals surface area contributed by atoms with Crippen molar-refractivity contribution in [2.45, 2.75) is 18.8 Å². The molecule has 0 aliphatic carbocycles. The van der Waals surface area contributed by atoms with Crippen molar-refractivity contribution in [2.75, 3.05) is 13.2 Å². The summed E-state index contributed by atoms with van der Waals surface area (Å²) in [5.74, 6) is 0. The summed E-state index contributed by atoms with van der Waals surface area (Å²) in [7, 11) is 0. The first-order chi connectivity index (χ1) is 6.28. The summed E-state index contributed by atoms with van der Waals surface area (Å²) in [5.41, 5.74) is 1.32. The van der Waals surface area contributed by atoms with Gasteiger partial charge in [0.1, 0.15) is 0 Å². The largest absolute Gasteiger partial charge is 0.379 e. The van der Waals surface area contributed by atoms with Crippen molar-refractivity contribution in [2.24, 2.45) is 0 Å². The lowest BCUT2D eigenvalue weighted by Crippen LogP contribution is -2.46. The van der Waals surface area contributed by atoms with E-state index in [1.807, 2.05) is 0 Å². The molecule has 0 bridgehead atoms. The summed E-state index contributed by atoms with van der Waals surface area (Å²) in [4.78, 5) is 1.33. The molecule has 68 valence electrons. The van der Waals surface area contributed by atoms with Crippen molar-refractivity contribution < 1.29 is 4.74 Å². The van der Waals surface area contributed by atoms with Gasteiger partial charge < -0.3 is 4.74 Å². The van der Waals surface area contributed by atoms with Gasteiger partial charge in [0.25, 0.3) is 0 Å². The van der Waals surface area contributed by atoms with E-state index >= 15 is 0 Å². The van der Waals surface area contributed by atoms with Crippen LogP contribution in [0.25, 0.3) is 0 Å². The third kappa shape index (κ3) is 1.27. The van der Waals surface area contributed by atoms with E-state index in [1.54, 1.807) is 11.3 Å². The van der Waals surface area contributed by atoms with E-state index in [0.717, 1.165) is 0 Å². The Morgan fingerprint density at radius 1 is 1.69 bits per heavy atom. The molecule has 2 nitrogen and oxygen atoms in total. The zero-order chi connectivity index (χ0) is 9.31. The average molecular weight is 193 g/mol. The molecule has 0 aromatic carbocycles. The molecular weight excluding hydrogens is 182 g/mol. The Bertz CT molecular complexity index is 346. The van der Waals surface area contributed by atoms with Crippen LogP contribution < -0.4 is 0 Å². The number of rotatable bonds is 2. The van der Waals surface area contributed by atoms with Crippen LogP contribution >= 0.6 is 11.3 Å². The Balaban J connectivity index is 2.32. The first-order valence-corrected chi connectivity index (χ1v) is 5.16. The lowest BCUT2D eigenvalue weighted by Gasteiger charge is -2.39. The molecule has 2 heterocycles. The maximum Gasteiger partial charge on any atom is 0.0646 e. The third-order valence-electron chi connectivity index (χ3n) is 2.52.